The zero-order valence-electron chi connectivity index (χ0n) is 11.8. The smallest absolute Gasteiger partial charge is 0.231 e. The predicted molar refractivity (Wildman–Crippen MR) is 75.6 cm³/mol. The molecule has 0 saturated heterocycles. The molecule has 19 heavy (non-hydrogen) atoms. The zero-order valence-corrected chi connectivity index (χ0v) is 11.8. The van der Waals surface area contributed by atoms with Crippen LogP contribution in [0.1, 0.15) is 51.0 Å². The van der Waals surface area contributed by atoms with E-state index >= 15 is 0 Å². The Morgan fingerprint density at radius 1 is 1.00 bits per heavy atom. The van der Waals surface area contributed by atoms with E-state index in [2.05, 4.69) is 6.92 Å². The lowest BCUT2D eigenvalue weighted by Crippen LogP contribution is -1.96. The molecule has 0 radical (unpaired) electrons. The summed E-state index contributed by atoms with van der Waals surface area (Å²) in [6, 6.07) is 5.99. The van der Waals surface area contributed by atoms with Gasteiger partial charge in [0.1, 0.15) is 0 Å². The van der Waals surface area contributed by atoms with Crippen LogP contribution in [0.25, 0.3) is 0 Å². The Labute approximate surface area is 115 Å². The molecule has 0 aromatic heterocycles. The van der Waals surface area contributed by atoms with E-state index in [1.807, 2.05) is 18.2 Å². The van der Waals surface area contributed by atoms with Crippen LogP contribution in [0.3, 0.4) is 0 Å². The third-order valence-electron chi connectivity index (χ3n) is 3.35. The third-order valence-corrected chi connectivity index (χ3v) is 3.35. The minimum Gasteiger partial charge on any atom is -0.454 e. The maximum Gasteiger partial charge on any atom is 0.231 e. The normalized spacial score (nSPS) is 12.9. The summed E-state index contributed by atoms with van der Waals surface area (Å²) in [4.78, 5) is 0. The standard InChI is InChI=1S/C16H24O3/c1-2-3-4-5-6-7-10-17-12-14-8-9-15-16(11-14)19-13-18-15/h8-9,11H,2-7,10,12-13H2,1H3. The SMILES string of the molecule is CCCCCCCCOCc1ccc2c(c1)OCO2. The van der Waals surface area contributed by atoms with Crippen LogP contribution in [-0.4, -0.2) is 13.4 Å². The van der Waals surface area contributed by atoms with Crippen LogP contribution in [0.4, 0.5) is 0 Å². The molecule has 3 nitrogen and oxygen atoms in total. The average molecular weight is 264 g/mol. The van der Waals surface area contributed by atoms with E-state index in [0.29, 0.717) is 13.4 Å². The topological polar surface area (TPSA) is 27.7 Å². The molecule has 0 atom stereocenters. The van der Waals surface area contributed by atoms with Gasteiger partial charge in [-0.1, -0.05) is 45.1 Å². The number of benzene rings is 1. The Kier molecular flexibility index (Phi) is 6.02. The summed E-state index contributed by atoms with van der Waals surface area (Å²) in [6.07, 6.45) is 7.80. The van der Waals surface area contributed by atoms with E-state index < -0.39 is 0 Å². The molecule has 0 unspecified atom stereocenters. The number of hydrogen-bond acceptors (Lipinski definition) is 3. The fourth-order valence-corrected chi connectivity index (χ4v) is 2.21. The van der Waals surface area contributed by atoms with Gasteiger partial charge in [-0.05, 0) is 24.1 Å². The summed E-state index contributed by atoms with van der Waals surface area (Å²) in [5, 5.41) is 0. The molecule has 1 aromatic rings. The predicted octanol–water partition coefficient (Wildman–Crippen LogP) is 4.29. The quantitative estimate of drug-likeness (QED) is 0.623. The Balaban J connectivity index is 1.56. The molecule has 1 aromatic carbocycles. The summed E-state index contributed by atoms with van der Waals surface area (Å²) in [5.41, 5.74) is 1.15. The van der Waals surface area contributed by atoms with Crippen molar-refractivity contribution >= 4 is 0 Å². The molecule has 0 N–H and O–H groups in total. The molecule has 1 aliphatic heterocycles. The molecule has 0 spiro atoms. The molecule has 1 aliphatic rings. The molecule has 0 saturated carbocycles. The summed E-state index contributed by atoms with van der Waals surface area (Å²) in [7, 11) is 0. The van der Waals surface area contributed by atoms with Gasteiger partial charge < -0.3 is 14.2 Å². The summed E-state index contributed by atoms with van der Waals surface area (Å²) >= 11 is 0. The lowest BCUT2D eigenvalue weighted by Gasteiger charge is -2.05. The van der Waals surface area contributed by atoms with E-state index in [4.69, 9.17) is 14.2 Å². The maximum absolute atomic E-state index is 5.69. The van der Waals surface area contributed by atoms with E-state index in [9.17, 15) is 0 Å². The van der Waals surface area contributed by atoms with E-state index in [-0.39, 0.29) is 0 Å². The monoisotopic (exact) mass is 264 g/mol. The Hall–Kier alpha value is -1.22. The van der Waals surface area contributed by atoms with Crippen LogP contribution in [0.5, 0.6) is 11.5 Å². The van der Waals surface area contributed by atoms with Gasteiger partial charge in [-0.25, -0.2) is 0 Å². The van der Waals surface area contributed by atoms with Gasteiger partial charge in [-0.15, -0.1) is 0 Å². The van der Waals surface area contributed by atoms with Crippen LogP contribution in [0.2, 0.25) is 0 Å². The Bertz CT molecular complexity index is 376. The van der Waals surface area contributed by atoms with Crippen LogP contribution in [0, 0.1) is 0 Å². The van der Waals surface area contributed by atoms with Crippen LogP contribution in [-0.2, 0) is 11.3 Å². The van der Waals surface area contributed by atoms with Crippen molar-refractivity contribution in [3.63, 3.8) is 0 Å². The highest BCUT2D eigenvalue weighted by Gasteiger charge is 2.12. The van der Waals surface area contributed by atoms with Gasteiger partial charge >= 0.3 is 0 Å². The van der Waals surface area contributed by atoms with Crippen molar-refractivity contribution in [1.29, 1.82) is 0 Å². The van der Waals surface area contributed by atoms with E-state index in [1.54, 1.807) is 0 Å². The first kappa shape index (κ1) is 14.2. The number of hydrogen-bond donors (Lipinski definition) is 0. The largest absolute Gasteiger partial charge is 0.454 e. The number of fused-ring (bicyclic) bond motifs is 1. The molecule has 106 valence electrons. The second kappa shape index (κ2) is 8.05. The van der Waals surface area contributed by atoms with Gasteiger partial charge in [0.15, 0.2) is 11.5 Å². The number of ether oxygens (including phenoxy) is 3. The molecule has 1 heterocycles. The van der Waals surface area contributed by atoms with Crippen molar-refractivity contribution in [1.82, 2.24) is 0 Å². The number of unbranched alkanes of at least 4 members (excludes halogenated alkanes) is 5. The molecule has 0 bridgehead atoms. The highest BCUT2D eigenvalue weighted by molar-refractivity contribution is 5.44. The van der Waals surface area contributed by atoms with Crippen LogP contribution < -0.4 is 9.47 Å². The number of rotatable bonds is 9. The van der Waals surface area contributed by atoms with Crippen LogP contribution >= 0.6 is 0 Å². The Morgan fingerprint density at radius 2 is 1.79 bits per heavy atom. The lowest BCUT2D eigenvalue weighted by molar-refractivity contribution is 0.116. The fraction of sp³-hybridized carbons (Fsp3) is 0.625. The van der Waals surface area contributed by atoms with Gasteiger partial charge in [0.2, 0.25) is 6.79 Å². The zero-order chi connectivity index (χ0) is 13.3. The minimum absolute atomic E-state index is 0.331. The molecular formula is C16H24O3. The maximum atomic E-state index is 5.69. The highest BCUT2D eigenvalue weighted by Crippen LogP contribution is 2.32. The molecular weight excluding hydrogens is 240 g/mol. The van der Waals surface area contributed by atoms with Crippen molar-refractivity contribution in [3.05, 3.63) is 23.8 Å². The molecule has 2 rings (SSSR count). The second-order valence-electron chi connectivity index (χ2n) is 5.01. The average Bonchev–Trinajstić information content (AvgIpc) is 2.89. The van der Waals surface area contributed by atoms with Crippen molar-refractivity contribution in [2.24, 2.45) is 0 Å². The summed E-state index contributed by atoms with van der Waals surface area (Å²) in [6.45, 7) is 4.08. The Morgan fingerprint density at radius 3 is 2.68 bits per heavy atom. The van der Waals surface area contributed by atoms with Crippen LogP contribution in [0.15, 0.2) is 18.2 Å². The van der Waals surface area contributed by atoms with Gasteiger partial charge in [0, 0.05) is 6.61 Å². The summed E-state index contributed by atoms with van der Waals surface area (Å²) in [5.74, 6) is 1.67. The highest BCUT2D eigenvalue weighted by atomic mass is 16.7. The van der Waals surface area contributed by atoms with Crippen molar-refractivity contribution in [2.45, 2.75) is 52.1 Å². The molecule has 3 heteroatoms. The van der Waals surface area contributed by atoms with Gasteiger partial charge in [0.05, 0.1) is 6.61 Å². The first-order valence-corrected chi connectivity index (χ1v) is 7.36. The van der Waals surface area contributed by atoms with Gasteiger partial charge in [0.25, 0.3) is 0 Å². The first-order valence-electron chi connectivity index (χ1n) is 7.36. The second-order valence-corrected chi connectivity index (χ2v) is 5.01. The van der Waals surface area contributed by atoms with Crippen molar-refractivity contribution in [3.8, 4) is 11.5 Å². The summed E-state index contributed by atoms with van der Waals surface area (Å²) < 4.78 is 16.3. The third kappa shape index (κ3) is 4.75. The van der Waals surface area contributed by atoms with Gasteiger partial charge in [-0.3, -0.25) is 0 Å². The molecule has 0 aliphatic carbocycles. The van der Waals surface area contributed by atoms with E-state index in [0.717, 1.165) is 30.1 Å². The van der Waals surface area contributed by atoms with Crippen molar-refractivity contribution in [2.75, 3.05) is 13.4 Å². The lowest BCUT2D eigenvalue weighted by atomic mass is 10.1. The molecule has 0 fully saturated rings. The van der Waals surface area contributed by atoms with Crippen molar-refractivity contribution < 1.29 is 14.2 Å². The fourth-order valence-electron chi connectivity index (χ4n) is 2.21. The van der Waals surface area contributed by atoms with Gasteiger partial charge in [-0.2, -0.15) is 0 Å². The first-order chi connectivity index (χ1) is 9.40. The molecule has 0 amide bonds. The van der Waals surface area contributed by atoms with E-state index in [1.165, 1.54) is 32.1 Å². The minimum atomic E-state index is 0.331.